The van der Waals surface area contributed by atoms with Gasteiger partial charge in [0, 0.05) is 33.2 Å². The minimum Gasteiger partial charge on any atom is -0.487 e. The quantitative estimate of drug-likeness (QED) is 0.217. The summed E-state index contributed by atoms with van der Waals surface area (Å²) in [6.07, 6.45) is 11.8. The minimum atomic E-state index is -0.273. The molecule has 0 spiro atoms. The van der Waals surface area contributed by atoms with Crippen LogP contribution in [0.3, 0.4) is 0 Å². The van der Waals surface area contributed by atoms with Crippen molar-refractivity contribution in [2.75, 3.05) is 6.61 Å². The van der Waals surface area contributed by atoms with Crippen LogP contribution in [0.1, 0.15) is 28.4 Å². The fourth-order valence-electron chi connectivity index (χ4n) is 6.20. The number of hydrogen-bond acceptors (Lipinski definition) is 4. The van der Waals surface area contributed by atoms with Crippen LogP contribution in [0.2, 0.25) is 0 Å². The Morgan fingerprint density at radius 1 is 0.723 bits per heavy atom. The van der Waals surface area contributed by atoms with E-state index in [9.17, 15) is 0 Å². The average Bonchev–Trinajstić information content (AvgIpc) is 3.45. The van der Waals surface area contributed by atoms with E-state index in [1.54, 1.807) is 0 Å². The predicted molar refractivity (Wildman–Crippen MR) is 195 cm³/mol. The molecule has 1 atom stereocenters. The predicted octanol–water partition coefficient (Wildman–Crippen LogP) is 9.35. The first-order valence-electron chi connectivity index (χ1n) is 15.8. The van der Waals surface area contributed by atoms with Gasteiger partial charge >= 0.3 is 0 Å². The number of benzene rings is 5. The maximum Gasteiger partial charge on any atom is 0.159 e. The summed E-state index contributed by atoms with van der Waals surface area (Å²) in [6.45, 7) is 4.62. The lowest BCUT2D eigenvalue weighted by Gasteiger charge is -2.24. The van der Waals surface area contributed by atoms with Gasteiger partial charge in [-0.1, -0.05) is 140 Å². The second-order valence-corrected chi connectivity index (χ2v) is 11.5. The molecule has 5 heteroatoms. The summed E-state index contributed by atoms with van der Waals surface area (Å²) >= 11 is 0. The molecule has 3 heterocycles. The van der Waals surface area contributed by atoms with Gasteiger partial charge in [-0.15, -0.1) is 0 Å². The molecule has 1 aromatic heterocycles. The molecule has 226 valence electrons. The number of aliphatic imine (C=N–C) groups is 2. The van der Waals surface area contributed by atoms with E-state index in [1.807, 2.05) is 66.8 Å². The van der Waals surface area contributed by atoms with Crippen molar-refractivity contribution in [3.05, 3.63) is 186 Å². The lowest BCUT2D eigenvalue weighted by Crippen LogP contribution is -2.33. The zero-order valence-electron chi connectivity index (χ0n) is 25.8. The van der Waals surface area contributed by atoms with Crippen molar-refractivity contribution < 1.29 is 4.74 Å². The summed E-state index contributed by atoms with van der Waals surface area (Å²) in [5.41, 5.74) is 8.06. The zero-order chi connectivity index (χ0) is 31.6. The van der Waals surface area contributed by atoms with Crippen LogP contribution in [-0.4, -0.2) is 22.8 Å². The number of fused-ring (bicyclic) bond motifs is 5. The molecule has 0 radical (unpaired) electrons. The Morgan fingerprint density at radius 2 is 1.51 bits per heavy atom. The highest BCUT2D eigenvalue weighted by Crippen LogP contribution is 2.40. The summed E-state index contributed by atoms with van der Waals surface area (Å²) in [4.78, 5) is 10.1. The Morgan fingerprint density at radius 3 is 2.38 bits per heavy atom. The molecule has 0 bridgehead atoms. The van der Waals surface area contributed by atoms with Crippen molar-refractivity contribution in [1.29, 1.82) is 0 Å². The molecule has 0 fully saturated rings. The maximum absolute atomic E-state index is 6.56. The van der Waals surface area contributed by atoms with Gasteiger partial charge in [0.05, 0.1) is 11.0 Å². The Labute approximate surface area is 273 Å². The molecule has 2 aliphatic heterocycles. The van der Waals surface area contributed by atoms with Crippen LogP contribution < -0.4 is 10.1 Å². The summed E-state index contributed by atoms with van der Waals surface area (Å²) in [6, 6.07) is 41.8. The van der Waals surface area contributed by atoms with E-state index in [-0.39, 0.29) is 6.17 Å². The van der Waals surface area contributed by atoms with Gasteiger partial charge < -0.3 is 14.6 Å². The van der Waals surface area contributed by atoms with E-state index < -0.39 is 0 Å². The molecular weight excluding hydrogens is 576 g/mol. The number of nitrogens with one attached hydrogen (secondary N) is 1. The van der Waals surface area contributed by atoms with Crippen LogP contribution in [0, 0.1) is 0 Å². The smallest absolute Gasteiger partial charge is 0.159 e. The fourth-order valence-corrected chi connectivity index (χ4v) is 6.20. The molecule has 1 unspecified atom stereocenters. The number of aromatic nitrogens is 1. The molecule has 2 aliphatic rings. The third-order valence-electron chi connectivity index (χ3n) is 8.45. The van der Waals surface area contributed by atoms with E-state index in [1.165, 1.54) is 0 Å². The van der Waals surface area contributed by atoms with Gasteiger partial charge in [-0.2, -0.15) is 0 Å². The van der Waals surface area contributed by atoms with Gasteiger partial charge in [0.2, 0.25) is 0 Å². The summed E-state index contributed by atoms with van der Waals surface area (Å²) in [5.74, 6) is 2.30. The van der Waals surface area contributed by atoms with Gasteiger partial charge in [-0.05, 0) is 35.4 Å². The van der Waals surface area contributed by atoms with Crippen molar-refractivity contribution in [3.63, 3.8) is 0 Å². The topological polar surface area (TPSA) is 50.9 Å². The number of ether oxygens (including phenoxy) is 1. The van der Waals surface area contributed by atoms with Gasteiger partial charge in [0.25, 0.3) is 0 Å². The minimum absolute atomic E-state index is 0.273. The molecule has 1 N–H and O–H groups in total. The summed E-state index contributed by atoms with van der Waals surface area (Å²) < 4.78 is 8.87. The lowest BCUT2D eigenvalue weighted by atomic mass is 10.1. The molecule has 6 aromatic rings. The zero-order valence-corrected chi connectivity index (χ0v) is 25.8. The van der Waals surface area contributed by atoms with Crippen LogP contribution in [0.5, 0.6) is 5.75 Å². The van der Waals surface area contributed by atoms with E-state index in [2.05, 4.69) is 107 Å². The largest absolute Gasteiger partial charge is 0.487 e. The second-order valence-electron chi connectivity index (χ2n) is 11.5. The van der Waals surface area contributed by atoms with Crippen molar-refractivity contribution in [2.45, 2.75) is 6.17 Å². The fraction of sp³-hybridized carbons (Fsp3) is 0.0476. The van der Waals surface area contributed by atoms with Crippen LogP contribution in [0.25, 0.3) is 33.6 Å². The van der Waals surface area contributed by atoms with Gasteiger partial charge in [0.15, 0.2) is 11.6 Å². The third-order valence-corrected chi connectivity index (χ3v) is 8.45. The normalized spacial score (nSPS) is 18.2. The second kappa shape index (κ2) is 12.3. The molecule has 0 saturated carbocycles. The maximum atomic E-state index is 6.56. The lowest BCUT2D eigenvalue weighted by molar-refractivity contribution is 0.365. The van der Waals surface area contributed by atoms with Crippen molar-refractivity contribution in [2.24, 2.45) is 9.98 Å². The van der Waals surface area contributed by atoms with Crippen molar-refractivity contribution in [3.8, 4) is 11.4 Å². The monoisotopic (exact) mass is 608 g/mol. The molecule has 47 heavy (non-hydrogen) atoms. The van der Waals surface area contributed by atoms with Crippen LogP contribution in [0.15, 0.2) is 174 Å². The molecule has 0 amide bonds. The highest BCUT2D eigenvalue weighted by Gasteiger charge is 2.23. The number of amidine groups is 2. The van der Waals surface area contributed by atoms with E-state index in [0.717, 1.165) is 66.9 Å². The standard InChI is InChI=1S/C42H32N4O/c1-29-14-5-4-12-27-47-39-30(24-23-29)25-26-36-35-21-10-11-22-37(35)46(38(36)39)34-20-13-19-33(28-34)42-44-40(31-15-6-2-7-16-31)43-41(45-42)32-17-8-3-9-18-32/h2-26,28,40H,1,27H2,(H,43,44,45)/b12-4-,14-5-,24-23-. The highest BCUT2D eigenvalue weighted by atomic mass is 16.5. The average molecular weight is 609 g/mol. The van der Waals surface area contributed by atoms with Gasteiger partial charge in [-0.25, -0.2) is 9.98 Å². The Bertz CT molecular complexity index is 2290. The van der Waals surface area contributed by atoms with Crippen molar-refractivity contribution in [1.82, 2.24) is 9.88 Å². The number of hydrogen-bond donors (Lipinski definition) is 1. The van der Waals surface area contributed by atoms with Crippen LogP contribution in [-0.2, 0) is 0 Å². The van der Waals surface area contributed by atoms with Gasteiger partial charge in [-0.3, -0.25) is 0 Å². The van der Waals surface area contributed by atoms with E-state index in [0.29, 0.717) is 12.4 Å². The Balaban J connectivity index is 1.30. The van der Waals surface area contributed by atoms with Crippen LogP contribution >= 0.6 is 0 Å². The van der Waals surface area contributed by atoms with Crippen LogP contribution in [0.4, 0.5) is 0 Å². The Hall–Kier alpha value is -6.20. The first-order valence-corrected chi connectivity index (χ1v) is 15.8. The first kappa shape index (κ1) is 28.3. The molecule has 8 rings (SSSR count). The SMILES string of the molecule is C=C1/C=C\C=C/COc2c(ccc3c4ccccc4n(-c4cccc(C5=NC(c6ccccc6)=NC(c6ccccc6)N5)c4)c23)/C=C\1. The molecule has 0 aliphatic carbocycles. The molecule has 5 aromatic carbocycles. The first-order chi connectivity index (χ1) is 23.2. The Kier molecular flexibility index (Phi) is 7.40. The number of rotatable bonds is 4. The van der Waals surface area contributed by atoms with Crippen molar-refractivity contribution >= 4 is 39.6 Å². The molecule has 0 saturated heterocycles. The molecular formula is C42H32N4O. The third kappa shape index (κ3) is 5.49. The molecule has 5 nitrogen and oxygen atoms in total. The summed E-state index contributed by atoms with van der Waals surface area (Å²) in [7, 11) is 0. The number of para-hydroxylation sites is 1. The van der Waals surface area contributed by atoms with Gasteiger partial charge in [0.1, 0.15) is 18.6 Å². The summed E-state index contributed by atoms with van der Waals surface area (Å²) in [5, 5.41) is 5.91. The number of allylic oxidation sites excluding steroid dienone is 5. The number of nitrogens with zero attached hydrogens (tertiary/aromatic N) is 3. The highest BCUT2D eigenvalue weighted by molar-refractivity contribution is 6.14. The van der Waals surface area contributed by atoms with E-state index in [4.69, 9.17) is 14.7 Å². The van der Waals surface area contributed by atoms with E-state index >= 15 is 0 Å².